The summed E-state index contributed by atoms with van der Waals surface area (Å²) in [5.41, 5.74) is -0.00377. The Balaban J connectivity index is 2.17. The maximum Gasteiger partial charge on any atom is 0.302 e. The Morgan fingerprint density at radius 1 is 1.59 bits per heavy atom. The average molecular weight is 315 g/mol. The highest BCUT2D eigenvalue weighted by Gasteiger charge is 2.16. The Bertz CT molecular complexity index is 530. The Labute approximate surface area is 110 Å². The fraction of sp³-hybridized carbons (Fsp3) is 0.100. The third-order valence-electron chi connectivity index (χ3n) is 1.93. The van der Waals surface area contributed by atoms with Crippen molar-refractivity contribution in [2.45, 2.75) is 10.8 Å². The van der Waals surface area contributed by atoms with Gasteiger partial charge in [-0.05, 0) is 28.1 Å². The Hall–Kier alpha value is -1.34. The normalized spacial score (nSPS) is 10.4. The molecule has 17 heavy (non-hydrogen) atoms. The van der Waals surface area contributed by atoms with E-state index < -0.39 is 4.92 Å². The SMILES string of the molecule is O=[N+]([O-])c1cc(Br)cnc1SCc1ccco1. The van der Waals surface area contributed by atoms with E-state index >= 15 is 0 Å². The van der Waals surface area contributed by atoms with Crippen LogP contribution in [0.4, 0.5) is 5.69 Å². The van der Waals surface area contributed by atoms with Gasteiger partial charge in [-0.1, -0.05) is 11.8 Å². The first-order chi connectivity index (χ1) is 8.16. The van der Waals surface area contributed by atoms with Crippen molar-refractivity contribution in [2.75, 3.05) is 0 Å². The van der Waals surface area contributed by atoms with Crippen molar-refractivity contribution in [3.8, 4) is 0 Å². The van der Waals surface area contributed by atoms with Gasteiger partial charge in [0.05, 0.1) is 16.9 Å². The molecular formula is C10H7BrN2O3S. The maximum atomic E-state index is 10.8. The minimum Gasteiger partial charge on any atom is -0.468 e. The van der Waals surface area contributed by atoms with Crippen LogP contribution in [0.15, 0.2) is 44.6 Å². The van der Waals surface area contributed by atoms with Crippen molar-refractivity contribution in [1.29, 1.82) is 0 Å². The number of nitrogens with zero attached hydrogens (tertiary/aromatic N) is 2. The van der Waals surface area contributed by atoms with E-state index in [1.807, 2.05) is 6.07 Å². The summed E-state index contributed by atoms with van der Waals surface area (Å²) in [4.78, 5) is 14.4. The van der Waals surface area contributed by atoms with Crippen molar-refractivity contribution in [3.63, 3.8) is 0 Å². The number of hydrogen-bond acceptors (Lipinski definition) is 5. The number of hydrogen-bond donors (Lipinski definition) is 0. The van der Waals surface area contributed by atoms with Gasteiger partial charge in [0.25, 0.3) is 0 Å². The summed E-state index contributed by atoms with van der Waals surface area (Å²) in [5.74, 6) is 1.27. The van der Waals surface area contributed by atoms with Gasteiger partial charge >= 0.3 is 5.69 Å². The number of aromatic nitrogens is 1. The second-order valence-electron chi connectivity index (χ2n) is 3.10. The average Bonchev–Trinajstić information content (AvgIpc) is 2.80. The maximum absolute atomic E-state index is 10.8. The zero-order valence-corrected chi connectivity index (χ0v) is 10.9. The van der Waals surface area contributed by atoms with E-state index in [1.165, 1.54) is 24.0 Å². The van der Waals surface area contributed by atoms with Gasteiger partial charge in [-0.2, -0.15) is 0 Å². The predicted octanol–water partition coefficient (Wildman–Crippen LogP) is 3.64. The highest BCUT2D eigenvalue weighted by atomic mass is 79.9. The van der Waals surface area contributed by atoms with Gasteiger partial charge in [-0.15, -0.1) is 0 Å². The minimum absolute atomic E-state index is 0.00377. The lowest BCUT2D eigenvalue weighted by Gasteiger charge is -2.00. The molecule has 0 unspecified atom stereocenters. The molecule has 2 aromatic rings. The molecule has 0 aliphatic carbocycles. The fourth-order valence-electron chi connectivity index (χ4n) is 1.19. The third-order valence-corrected chi connectivity index (χ3v) is 3.38. The first-order valence-corrected chi connectivity index (χ1v) is 6.40. The molecule has 0 aliphatic rings. The molecule has 0 N–H and O–H groups in total. The summed E-state index contributed by atoms with van der Waals surface area (Å²) in [5, 5.41) is 11.2. The number of thioether (sulfide) groups is 1. The van der Waals surface area contributed by atoms with E-state index in [-0.39, 0.29) is 5.69 Å². The van der Waals surface area contributed by atoms with E-state index in [2.05, 4.69) is 20.9 Å². The Morgan fingerprint density at radius 3 is 3.06 bits per heavy atom. The second-order valence-corrected chi connectivity index (χ2v) is 4.98. The van der Waals surface area contributed by atoms with Gasteiger partial charge in [-0.25, -0.2) is 4.98 Å². The first-order valence-electron chi connectivity index (χ1n) is 4.62. The summed E-state index contributed by atoms with van der Waals surface area (Å²) in [6.45, 7) is 0. The van der Waals surface area contributed by atoms with Crippen LogP contribution in [0.1, 0.15) is 5.76 Å². The highest BCUT2D eigenvalue weighted by molar-refractivity contribution is 9.10. The van der Waals surface area contributed by atoms with Gasteiger partial charge in [0, 0.05) is 16.7 Å². The van der Waals surface area contributed by atoms with Crippen LogP contribution in [0.25, 0.3) is 0 Å². The number of furan rings is 1. The second kappa shape index (κ2) is 5.33. The molecule has 7 heteroatoms. The van der Waals surface area contributed by atoms with Crippen LogP contribution in [0.5, 0.6) is 0 Å². The van der Waals surface area contributed by atoms with Crippen molar-refractivity contribution >= 4 is 33.4 Å². The van der Waals surface area contributed by atoms with Gasteiger partial charge < -0.3 is 4.42 Å². The molecule has 2 heterocycles. The van der Waals surface area contributed by atoms with E-state index in [0.717, 1.165) is 5.76 Å². The van der Waals surface area contributed by atoms with E-state index in [9.17, 15) is 10.1 Å². The number of pyridine rings is 1. The van der Waals surface area contributed by atoms with Gasteiger partial charge in [0.1, 0.15) is 5.76 Å². The van der Waals surface area contributed by atoms with Crippen molar-refractivity contribution < 1.29 is 9.34 Å². The van der Waals surface area contributed by atoms with Crippen molar-refractivity contribution in [3.05, 3.63) is 51.0 Å². The quantitative estimate of drug-likeness (QED) is 0.489. The molecule has 5 nitrogen and oxygen atoms in total. The molecule has 0 spiro atoms. The minimum atomic E-state index is -0.442. The van der Waals surface area contributed by atoms with Crippen LogP contribution >= 0.6 is 27.7 Å². The zero-order valence-electron chi connectivity index (χ0n) is 8.50. The van der Waals surface area contributed by atoms with E-state index in [0.29, 0.717) is 15.3 Å². The molecule has 2 aromatic heterocycles. The lowest BCUT2D eigenvalue weighted by atomic mass is 10.4. The molecule has 0 atom stereocenters. The molecule has 2 rings (SSSR count). The monoisotopic (exact) mass is 314 g/mol. The van der Waals surface area contributed by atoms with Gasteiger partial charge in [0.15, 0.2) is 5.03 Å². The molecule has 0 radical (unpaired) electrons. The summed E-state index contributed by atoms with van der Waals surface area (Å²) < 4.78 is 5.74. The number of nitro groups is 1. The first kappa shape index (κ1) is 12.1. The molecular weight excluding hydrogens is 308 g/mol. The lowest BCUT2D eigenvalue weighted by molar-refractivity contribution is -0.388. The van der Waals surface area contributed by atoms with Crippen LogP contribution in [0.2, 0.25) is 0 Å². The van der Waals surface area contributed by atoms with E-state index in [1.54, 1.807) is 12.3 Å². The smallest absolute Gasteiger partial charge is 0.302 e. The van der Waals surface area contributed by atoms with Crippen LogP contribution in [-0.2, 0) is 5.75 Å². The number of halogens is 1. The van der Waals surface area contributed by atoms with Gasteiger partial charge in [-0.3, -0.25) is 10.1 Å². The highest BCUT2D eigenvalue weighted by Crippen LogP contribution is 2.31. The topological polar surface area (TPSA) is 69.2 Å². The summed E-state index contributed by atoms with van der Waals surface area (Å²) in [6, 6.07) is 5.04. The third kappa shape index (κ3) is 3.07. The molecule has 0 bridgehead atoms. The largest absolute Gasteiger partial charge is 0.468 e. The molecule has 88 valence electrons. The van der Waals surface area contributed by atoms with Crippen molar-refractivity contribution in [2.24, 2.45) is 0 Å². The standard InChI is InChI=1S/C10H7BrN2O3S/c11-7-4-9(13(14)15)10(12-5-7)17-6-8-2-1-3-16-8/h1-5H,6H2. The predicted molar refractivity (Wildman–Crippen MR) is 66.9 cm³/mol. The van der Waals surface area contributed by atoms with E-state index in [4.69, 9.17) is 4.42 Å². The van der Waals surface area contributed by atoms with Crippen molar-refractivity contribution in [1.82, 2.24) is 4.98 Å². The lowest BCUT2D eigenvalue weighted by Crippen LogP contribution is -1.93. The Morgan fingerprint density at radius 2 is 2.41 bits per heavy atom. The van der Waals surface area contributed by atoms with Gasteiger partial charge in [0.2, 0.25) is 0 Å². The molecule has 0 aromatic carbocycles. The fourth-order valence-corrected chi connectivity index (χ4v) is 2.36. The molecule has 0 aliphatic heterocycles. The zero-order chi connectivity index (χ0) is 12.3. The molecule has 0 amide bonds. The van der Waals surface area contributed by atoms with Crippen LogP contribution in [0.3, 0.4) is 0 Å². The summed E-state index contributed by atoms with van der Waals surface area (Å²) >= 11 is 4.43. The summed E-state index contributed by atoms with van der Waals surface area (Å²) in [7, 11) is 0. The number of rotatable bonds is 4. The molecule has 0 fully saturated rings. The Kier molecular flexibility index (Phi) is 3.80. The van der Waals surface area contributed by atoms with Crippen LogP contribution < -0.4 is 0 Å². The molecule has 0 saturated carbocycles. The van der Waals surface area contributed by atoms with Crippen LogP contribution in [0, 0.1) is 10.1 Å². The summed E-state index contributed by atoms with van der Waals surface area (Å²) in [6.07, 6.45) is 3.11. The van der Waals surface area contributed by atoms with Crippen LogP contribution in [-0.4, -0.2) is 9.91 Å². The molecule has 0 saturated heterocycles.